The molecular weight excluding hydrogens is 248 g/mol. The molecule has 20 heavy (non-hydrogen) atoms. The Morgan fingerprint density at radius 3 is 2.85 bits per heavy atom. The van der Waals surface area contributed by atoms with Crippen molar-refractivity contribution in [1.82, 2.24) is 0 Å². The molecule has 1 atom stereocenters. The van der Waals surface area contributed by atoms with E-state index in [4.69, 9.17) is 4.74 Å². The van der Waals surface area contributed by atoms with Gasteiger partial charge in [0.1, 0.15) is 12.4 Å². The summed E-state index contributed by atoms with van der Waals surface area (Å²) in [4.78, 5) is 0. The molecule has 2 nitrogen and oxygen atoms in total. The highest BCUT2D eigenvalue weighted by Gasteiger charge is 2.20. The maximum absolute atomic E-state index is 9.76. The van der Waals surface area contributed by atoms with Crippen molar-refractivity contribution in [1.29, 1.82) is 0 Å². The minimum atomic E-state index is -0.294. The van der Waals surface area contributed by atoms with Gasteiger partial charge in [-0.05, 0) is 47.7 Å². The summed E-state index contributed by atoms with van der Waals surface area (Å²) >= 11 is 0. The zero-order valence-corrected chi connectivity index (χ0v) is 11.3. The Balaban J connectivity index is 1.58. The Labute approximate surface area is 119 Å². The predicted octanol–water partition coefficient (Wildman–Crippen LogP) is 3.76. The van der Waals surface area contributed by atoms with Gasteiger partial charge in [0, 0.05) is 0 Å². The highest BCUT2D eigenvalue weighted by Crippen LogP contribution is 2.33. The fourth-order valence-electron chi connectivity index (χ4n) is 2.55. The summed E-state index contributed by atoms with van der Waals surface area (Å²) in [5.74, 6) is 0.871. The van der Waals surface area contributed by atoms with Gasteiger partial charge in [0.05, 0.1) is 6.10 Å². The lowest BCUT2D eigenvalue weighted by Crippen LogP contribution is -1.95. The second-order valence-electron chi connectivity index (χ2n) is 5.04. The Kier molecular flexibility index (Phi) is 3.84. The second kappa shape index (κ2) is 5.93. The van der Waals surface area contributed by atoms with Crippen molar-refractivity contribution in [2.75, 3.05) is 6.61 Å². The van der Waals surface area contributed by atoms with Gasteiger partial charge in [-0.3, -0.25) is 0 Å². The lowest BCUT2D eigenvalue weighted by molar-refractivity contribution is 0.180. The Bertz CT molecular complexity index is 602. The zero-order valence-electron chi connectivity index (χ0n) is 11.3. The van der Waals surface area contributed by atoms with Gasteiger partial charge in [0.2, 0.25) is 0 Å². The molecule has 1 aliphatic rings. The van der Waals surface area contributed by atoms with Gasteiger partial charge in [-0.1, -0.05) is 42.5 Å². The lowest BCUT2D eigenvalue weighted by atomic mass is 10.1. The van der Waals surface area contributed by atoms with Gasteiger partial charge in [0.15, 0.2) is 0 Å². The molecule has 0 aliphatic heterocycles. The van der Waals surface area contributed by atoms with E-state index in [-0.39, 0.29) is 6.10 Å². The Morgan fingerprint density at radius 2 is 2.00 bits per heavy atom. The molecule has 2 aromatic carbocycles. The van der Waals surface area contributed by atoms with Crippen LogP contribution >= 0.6 is 0 Å². The number of hydrogen-bond acceptors (Lipinski definition) is 2. The molecule has 102 valence electrons. The number of hydrogen-bond donors (Lipinski definition) is 1. The summed E-state index contributed by atoms with van der Waals surface area (Å²) in [5, 5.41) is 9.76. The summed E-state index contributed by atoms with van der Waals surface area (Å²) < 4.78 is 5.72. The minimum absolute atomic E-state index is 0.294. The first-order valence-corrected chi connectivity index (χ1v) is 6.98. The average molecular weight is 266 g/mol. The van der Waals surface area contributed by atoms with Crippen LogP contribution in [0.4, 0.5) is 0 Å². The smallest absolute Gasteiger partial charge is 0.120 e. The molecule has 0 heterocycles. The molecule has 3 rings (SSSR count). The number of ether oxygens (including phenoxy) is 1. The molecule has 0 saturated heterocycles. The van der Waals surface area contributed by atoms with Crippen molar-refractivity contribution in [2.45, 2.75) is 18.9 Å². The van der Waals surface area contributed by atoms with E-state index in [0.29, 0.717) is 6.61 Å². The standard InChI is InChI=1S/C18H18O2/c19-18-11-8-15-13-16(9-10-17(15)18)20-12-4-7-14-5-2-1-3-6-14/h1-7,9-10,13,18-19H,8,11-12H2/b7-4+/t18-/m1/s1. The van der Waals surface area contributed by atoms with Gasteiger partial charge < -0.3 is 9.84 Å². The summed E-state index contributed by atoms with van der Waals surface area (Å²) in [6.45, 7) is 0.552. The maximum Gasteiger partial charge on any atom is 0.120 e. The van der Waals surface area contributed by atoms with Crippen LogP contribution in [-0.2, 0) is 6.42 Å². The van der Waals surface area contributed by atoms with Crippen molar-refractivity contribution in [2.24, 2.45) is 0 Å². The van der Waals surface area contributed by atoms with E-state index in [1.807, 2.05) is 42.5 Å². The molecule has 0 radical (unpaired) electrons. The molecule has 2 aromatic rings. The third-order valence-corrected chi connectivity index (χ3v) is 3.62. The van der Waals surface area contributed by atoms with E-state index in [9.17, 15) is 5.11 Å². The van der Waals surface area contributed by atoms with Crippen LogP contribution in [0.1, 0.15) is 29.2 Å². The molecule has 1 N–H and O–H groups in total. The third kappa shape index (κ3) is 2.91. The molecular formula is C18H18O2. The molecule has 2 heteroatoms. The molecule has 0 amide bonds. The number of rotatable bonds is 4. The predicted molar refractivity (Wildman–Crippen MR) is 80.7 cm³/mol. The van der Waals surface area contributed by atoms with Gasteiger partial charge in [-0.25, -0.2) is 0 Å². The van der Waals surface area contributed by atoms with Crippen molar-refractivity contribution in [3.05, 3.63) is 71.3 Å². The third-order valence-electron chi connectivity index (χ3n) is 3.62. The van der Waals surface area contributed by atoms with Crippen LogP contribution in [0.5, 0.6) is 5.75 Å². The van der Waals surface area contributed by atoms with Crippen LogP contribution < -0.4 is 4.74 Å². The zero-order chi connectivity index (χ0) is 13.8. The number of benzene rings is 2. The first-order valence-electron chi connectivity index (χ1n) is 6.98. The van der Waals surface area contributed by atoms with E-state index >= 15 is 0 Å². The number of fused-ring (bicyclic) bond motifs is 1. The summed E-state index contributed by atoms with van der Waals surface area (Å²) in [5.41, 5.74) is 3.44. The molecule has 1 aliphatic carbocycles. The Morgan fingerprint density at radius 1 is 1.15 bits per heavy atom. The first-order chi connectivity index (χ1) is 9.83. The van der Waals surface area contributed by atoms with E-state index in [1.54, 1.807) is 0 Å². The molecule has 0 fully saturated rings. The topological polar surface area (TPSA) is 29.5 Å². The van der Waals surface area contributed by atoms with Gasteiger partial charge in [0.25, 0.3) is 0 Å². The molecule has 0 bridgehead atoms. The highest BCUT2D eigenvalue weighted by atomic mass is 16.5. The number of aryl methyl sites for hydroxylation is 1. The molecule has 0 spiro atoms. The molecule has 0 aromatic heterocycles. The summed E-state index contributed by atoms with van der Waals surface area (Å²) in [7, 11) is 0. The van der Waals surface area contributed by atoms with E-state index < -0.39 is 0 Å². The Hall–Kier alpha value is -2.06. The van der Waals surface area contributed by atoms with Crippen LogP contribution in [0.3, 0.4) is 0 Å². The van der Waals surface area contributed by atoms with Gasteiger partial charge >= 0.3 is 0 Å². The van der Waals surface area contributed by atoms with Crippen molar-refractivity contribution in [3.63, 3.8) is 0 Å². The van der Waals surface area contributed by atoms with Crippen LogP contribution in [0.25, 0.3) is 6.08 Å². The molecule has 0 saturated carbocycles. The van der Waals surface area contributed by atoms with Crippen LogP contribution in [0, 0.1) is 0 Å². The summed E-state index contributed by atoms with van der Waals surface area (Å²) in [6, 6.07) is 16.1. The first kappa shape index (κ1) is 12.9. The van der Waals surface area contributed by atoms with Crippen LogP contribution in [0.2, 0.25) is 0 Å². The average Bonchev–Trinajstić information content (AvgIpc) is 2.86. The molecule has 0 unspecified atom stereocenters. The van der Waals surface area contributed by atoms with Crippen LogP contribution in [0.15, 0.2) is 54.6 Å². The van der Waals surface area contributed by atoms with E-state index in [2.05, 4.69) is 18.2 Å². The number of aliphatic hydroxyl groups is 1. The van der Waals surface area contributed by atoms with E-state index in [1.165, 1.54) is 11.1 Å². The monoisotopic (exact) mass is 266 g/mol. The number of aliphatic hydroxyl groups excluding tert-OH is 1. The SMILES string of the molecule is O[C@@H]1CCc2cc(OC/C=C/c3ccccc3)ccc21. The maximum atomic E-state index is 9.76. The minimum Gasteiger partial charge on any atom is -0.490 e. The fourth-order valence-corrected chi connectivity index (χ4v) is 2.55. The highest BCUT2D eigenvalue weighted by molar-refractivity contribution is 5.48. The largest absolute Gasteiger partial charge is 0.490 e. The van der Waals surface area contributed by atoms with Gasteiger partial charge in [-0.15, -0.1) is 0 Å². The van der Waals surface area contributed by atoms with E-state index in [0.717, 1.165) is 24.2 Å². The van der Waals surface area contributed by atoms with Gasteiger partial charge in [-0.2, -0.15) is 0 Å². The normalized spacial score (nSPS) is 17.4. The van der Waals surface area contributed by atoms with Crippen LogP contribution in [-0.4, -0.2) is 11.7 Å². The van der Waals surface area contributed by atoms with Crippen molar-refractivity contribution in [3.8, 4) is 5.75 Å². The lowest BCUT2D eigenvalue weighted by Gasteiger charge is -2.07. The van der Waals surface area contributed by atoms with Crippen molar-refractivity contribution < 1.29 is 9.84 Å². The summed E-state index contributed by atoms with van der Waals surface area (Å²) in [6.07, 6.45) is 5.53. The second-order valence-corrected chi connectivity index (χ2v) is 5.04. The fraction of sp³-hybridized carbons (Fsp3) is 0.222. The quantitative estimate of drug-likeness (QED) is 0.913. The van der Waals surface area contributed by atoms with Crippen molar-refractivity contribution >= 4 is 6.08 Å².